The fourth-order valence-electron chi connectivity index (χ4n) is 5.98. The molecule has 4 heteroatoms. The first-order valence-corrected chi connectivity index (χ1v) is 11.8. The third-order valence-electron chi connectivity index (χ3n) is 7.44. The largest absolute Gasteiger partial charge is 0.481 e. The van der Waals surface area contributed by atoms with Gasteiger partial charge in [-0.1, -0.05) is 68.9 Å². The Hall–Kier alpha value is -1.31. The molecular formula is C25H38O4. The second kappa shape index (κ2) is 10.6. The van der Waals surface area contributed by atoms with Crippen molar-refractivity contribution in [3.05, 3.63) is 11.6 Å². The molecule has 0 heterocycles. The van der Waals surface area contributed by atoms with Crippen LogP contribution in [0.15, 0.2) is 11.6 Å². The number of hydrogen-bond donors (Lipinski definition) is 3. The Balaban J connectivity index is 1.68. The van der Waals surface area contributed by atoms with Crippen molar-refractivity contribution in [3.63, 3.8) is 0 Å². The van der Waals surface area contributed by atoms with Gasteiger partial charge >= 0.3 is 5.97 Å². The Kier molecular flexibility index (Phi) is 8.21. The number of carboxylic acids is 1. The van der Waals surface area contributed by atoms with Crippen LogP contribution in [0.5, 0.6) is 0 Å². The smallest absolute Gasteiger partial charge is 0.303 e. The van der Waals surface area contributed by atoms with Crippen LogP contribution >= 0.6 is 0 Å². The van der Waals surface area contributed by atoms with E-state index in [-0.39, 0.29) is 12.3 Å². The molecule has 3 saturated carbocycles. The molecule has 3 fully saturated rings. The van der Waals surface area contributed by atoms with Gasteiger partial charge in [-0.15, -0.1) is 0 Å². The normalized spacial score (nSPS) is 34.2. The van der Waals surface area contributed by atoms with Crippen molar-refractivity contribution in [2.45, 2.75) is 96.2 Å². The quantitative estimate of drug-likeness (QED) is 0.411. The number of rotatable bonds is 8. The van der Waals surface area contributed by atoms with Crippen LogP contribution in [0.25, 0.3) is 0 Å². The highest BCUT2D eigenvalue weighted by Crippen LogP contribution is 2.57. The van der Waals surface area contributed by atoms with Crippen LogP contribution in [0, 0.1) is 41.4 Å². The second-order valence-corrected chi connectivity index (χ2v) is 9.43. The summed E-state index contributed by atoms with van der Waals surface area (Å²) >= 11 is 0. The van der Waals surface area contributed by atoms with Crippen molar-refractivity contribution in [1.82, 2.24) is 0 Å². The third-order valence-corrected chi connectivity index (χ3v) is 7.44. The van der Waals surface area contributed by atoms with Crippen molar-refractivity contribution < 1.29 is 20.1 Å². The molecule has 3 aliphatic rings. The van der Waals surface area contributed by atoms with Crippen LogP contribution in [-0.4, -0.2) is 33.5 Å². The van der Waals surface area contributed by atoms with Crippen LogP contribution in [0.4, 0.5) is 0 Å². The second-order valence-electron chi connectivity index (χ2n) is 9.43. The SMILES string of the molecule is CCCCC1C(=CCCC(=O)O)[C@@H]2CC[C@H](O)[C@@H](C#CC(O)CC3CCCC3)[C@H]12. The van der Waals surface area contributed by atoms with Gasteiger partial charge in [0, 0.05) is 6.42 Å². The Morgan fingerprint density at radius 3 is 2.69 bits per heavy atom. The molecule has 3 rings (SSSR count). The van der Waals surface area contributed by atoms with Gasteiger partial charge in [0.05, 0.1) is 12.0 Å². The highest BCUT2D eigenvalue weighted by atomic mass is 16.4. The molecule has 3 N–H and O–H groups in total. The summed E-state index contributed by atoms with van der Waals surface area (Å²) < 4.78 is 0. The van der Waals surface area contributed by atoms with E-state index in [0.29, 0.717) is 30.1 Å². The van der Waals surface area contributed by atoms with Crippen molar-refractivity contribution in [3.8, 4) is 11.8 Å². The van der Waals surface area contributed by atoms with Crippen molar-refractivity contribution >= 4 is 5.97 Å². The number of carboxylic acid groups (broad SMARTS) is 1. The van der Waals surface area contributed by atoms with Gasteiger partial charge in [0.1, 0.15) is 6.10 Å². The fourth-order valence-corrected chi connectivity index (χ4v) is 5.98. The van der Waals surface area contributed by atoms with Crippen LogP contribution in [0.2, 0.25) is 0 Å². The highest BCUT2D eigenvalue weighted by molar-refractivity contribution is 5.66. The van der Waals surface area contributed by atoms with Gasteiger partial charge in [-0.2, -0.15) is 0 Å². The predicted molar refractivity (Wildman–Crippen MR) is 114 cm³/mol. The van der Waals surface area contributed by atoms with E-state index in [1.54, 1.807) is 0 Å². The van der Waals surface area contributed by atoms with Crippen LogP contribution < -0.4 is 0 Å². The zero-order valence-electron chi connectivity index (χ0n) is 17.9. The average Bonchev–Trinajstić information content (AvgIpc) is 3.18. The molecule has 0 radical (unpaired) electrons. The van der Waals surface area contributed by atoms with Gasteiger partial charge in [-0.25, -0.2) is 0 Å². The first-order valence-electron chi connectivity index (χ1n) is 11.8. The first-order chi connectivity index (χ1) is 14.0. The Morgan fingerprint density at radius 2 is 2.00 bits per heavy atom. The van der Waals surface area contributed by atoms with Gasteiger partial charge in [0.15, 0.2) is 0 Å². The van der Waals surface area contributed by atoms with Crippen LogP contribution in [0.1, 0.15) is 84.0 Å². The highest BCUT2D eigenvalue weighted by Gasteiger charge is 2.52. The van der Waals surface area contributed by atoms with Gasteiger partial charge in [0.2, 0.25) is 0 Å². The summed E-state index contributed by atoms with van der Waals surface area (Å²) in [4.78, 5) is 10.9. The Morgan fingerprint density at radius 1 is 1.24 bits per heavy atom. The number of fused-ring (bicyclic) bond motifs is 1. The maximum absolute atomic E-state index is 10.9. The number of unbranched alkanes of at least 4 members (excludes halogenated alkanes) is 1. The van der Waals surface area contributed by atoms with Gasteiger partial charge in [-0.05, 0) is 55.8 Å². The number of carbonyl (C=O) groups is 1. The molecule has 4 nitrogen and oxygen atoms in total. The summed E-state index contributed by atoms with van der Waals surface area (Å²) in [7, 11) is 0. The summed E-state index contributed by atoms with van der Waals surface area (Å²) in [5.74, 6) is 7.39. The molecule has 2 unspecified atom stereocenters. The standard InChI is InChI=1S/C25H38O4/c1-2-3-9-20-19(10-6-11-24(28)29)21-14-15-23(27)22(25(20)21)13-12-18(26)16-17-7-4-5-8-17/h10,17-18,20-23,25-27H,2-9,11,14-16H2,1H3,(H,28,29)/t18?,20?,21-,22+,23-,25+/m0/s1. The molecule has 0 aromatic carbocycles. The summed E-state index contributed by atoms with van der Waals surface area (Å²) in [5.41, 5.74) is 1.41. The number of aliphatic hydroxyl groups excluding tert-OH is 2. The van der Waals surface area contributed by atoms with Gasteiger partial charge in [0.25, 0.3) is 0 Å². The fraction of sp³-hybridized carbons (Fsp3) is 0.800. The topological polar surface area (TPSA) is 77.8 Å². The lowest BCUT2D eigenvalue weighted by Crippen LogP contribution is -2.51. The van der Waals surface area contributed by atoms with Gasteiger partial charge < -0.3 is 15.3 Å². The predicted octanol–water partition coefficient (Wildman–Crippen LogP) is 4.55. The van der Waals surface area contributed by atoms with Crippen molar-refractivity contribution in [2.24, 2.45) is 29.6 Å². The average molecular weight is 403 g/mol. The van der Waals surface area contributed by atoms with Crippen molar-refractivity contribution in [2.75, 3.05) is 0 Å². The lowest BCUT2D eigenvalue weighted by molar-refractivity contribution is -0.136. The van der Waals surface area contributed by atoms with E-state index in [1.807, 2.05) is 0 Å². The van der Waals surface area contributed by atoms with Gasteiger partial charge in [-0.3, -0.25) is 4.79 Å². The molecule has 0 aromatic rings. The van der Waals surface area contributed by atoms with E-state index in [2.05, 4.69) is 24.8 Å². The maximum atomic E-state index is 10.9. The van der Waals surface area contributed by atoms with E-state index in [0.717, 1.165) is 38.5 Å². The number of hydrogen-bond acceptors (Lipinski definition) is 3. The van der Waals surface area contributed by atoms with E-state index in [1.165, 1.54) is 31.3 Å². The molecule has 3 aliphatic carbocycles. The first kappa shape index (κ1) is 22.4. The Bertz CT molecular complexity index is 637. The number of aliphatic hydroxyl groups is 2. The molecule has 6 atom stereocenters. The van der Waals surface area contributed by atoms with Crippen LogP contribution in [0.3, 0.4) is 0 Å². The molecule has 0 spiro atoms. The Labute approximate surface area is 175 Å². The number of allylic oxidation sites excluding steroid dienone is 2. The monoisotopic (exact) mass is 402 g/mol. The minimum Gasteiger partial charge on any atom is -0.481 e. The van der Waals surface area contributed by atoms with E-state index in [4.69, 9.17) is 5.11 Å². The summed E-state index contributed by atoms with van der Waals surface area (Å²) in [6, 6.07) is 0. The molecular weight excluding hydrogens is 364 g/mol. The maximum Gasteiger partial charge on any atom is 0.303 e. The summed E-state index contributed by atoms with van der Waals surface area (Å²) in [6.07, 6.45) is 12.7. The summed E-state index contributed by atoms with van der Waals surface area (Å²) in [6.45, 7) is 2.19. The van der Waals surface area contributed by atoms with Crippen LogP contribution in [-0.2, 0) is 4.79 Å². The van der Waals surface area contributed by atoms with Crippen molar-refractivity contribution in [1.29, 1.82) is 0 Å². The lowest BCUT2D eigenvalue weighted by Gasteiger charge is -2.55. The third kappa shape index (κ3) is 5.64. The zero-order valence-corrected chi connectivity index (χ0v) is 17.9. The molecule has 0 aliphatic heterocycles. The van der Waals surface area contributed by atoms with E-state index >= 15 is 0 Å². The molecule has 162 valence electrons. The number of aliphatic carboxylic acids is 1. The summed E-state index contributed by atoms with van der Waals surface area (Å²) in [5, 5.41) is 30.0. The zero-order chi connectivity index (χ0) is 20.8. The van der Waals surface area contributed by atoms with E-state index < -0.39 is 18.2 Å². The molecule has 29 heavy (non-hydrogen) atoms. The molecule has 0 amide bonds. The lowest BCUT2D eigenvalue weighted by atomic mass is 9.50. The minimum atomic E-state index is -0.748. The molecule has 0 bridgehead atoms. The molecule has 0 aromatic heterocycles. The van der Waals surface area contributed by atoms with E-state index in [9.17, 15) is 15.0 Å². The molecule has 0 saturated heterocycles. The minimum absolute atomic E-state index is 0.0644.